The fourth-order valence-electron chi connectivity index (χ4n) is 2.71. The van der Waals surface area contributed by atoms with Crippen molar-refractivity contribution in [2.75, 3.05) is 6.54 Å². The molecule has 0 aromatic rings. The Bertz CT molecular complexity index is 276. The van der Waals surface area contributed by atoms with Crippen molar-refractivity contribution in [2.45, 2.75) is 55.8 Å². The fourth-order valence-corrected chi connectivity index (χ4v) is 3.24. The molecule has 0 bridgehead atoms. The van der Waals surface area contributed by atoms with Gasteiger partial charge in [-0.25, -0.2) is 0 Å². The number of carbonyl (C=O) groups is 1. The van der Waals surface area contributed by atoms with Crippen molar-refractivity contribution in [3.05, 3.63) is 12.2 Å². The van der Waals surface area contributed by atoms with Gasteiger partial charge < -0.3 is 5.32 Å². The number of rotatable bonds is 3. The number of carbonyl (C=O) groups excluding carboxylic acids is 1. The van der Waals surface area contributed by atoms with E-state index in [9.17, 15) is 4.79 Å². The van der Waals surface area contributed by atoms with Gasteiger partial charge in [-0.3, -0.25) is 4.79 Å². The molecule has 0 amide bonds. The van der Waals surface area contributed by atoms with E-state index in [0.717, 1.165) is 13.0 Å². The molecule has 1 aliphatic carbocycles. The molecule has 2 nitrogen and oxygen atoms in total. The third-order valence-corrected chi connectivity index (χ3v) is 4.80. The molecule has 17 heavy (non-hydrogen) atoms. The number of piperidine rings is 1. The van der Waals surface area contributed by atoms with Crippen LogP contribution in [0.1, 0.15) is 44.9 Å². The maximum Gasteiger partial charge on any atom is 0.172 e. The summed E-state index contributed by atoms with van der Waals surface area (Å²) in [6.45, 7) is 0.999. The lowest BCUT2D eigenvalue weighted by Crippen LogP contribution is -2.39. The number of nitrogens with one attached hydrogen (secondary N) is 1. The second-order valence-electron chi connectivity index (χ2n) is 5.28. The number of allylic oxidation sites excluding steroid dienone is 1. The Kier molecular flexibility index (Phi) is 5.23. The zero-order valence-corrected chi connectivity index (χ0v) is 11.9. The van der Waals surface area contributed by atoms with E-state index in [-0.39, 0.29) is 11.8 Å². The summed E-state index contributed by atoms with van der Waals surface area (Å²) in [5.41, 5.74) is 0. The largest absolute Gasteiger partial charge is 0.307 e. The molecule has 2 rings (SSSR count). The van der Waals surface area contributed by atoms with Crippen molar-refractivity contribution in [3.8, 4) is 0 Å². The smallest absolute Gasteiger partial charge is 0.172 e. The molecule has 1 atom stereocenters. The van der Waals surface area contributed by atoms with Gasteiger partial charge in [-0.05, 0) is 57.1 Å². The van der Waals surface area contributed by atoms with Crippen LogP contribution in [-0.2, 0) is 4.79 Å². The lowest BCUT2D eigenvalue weighted by Gasteiger charge is -2.23. The summed E-state index contributed by atoms with van der Waals surface area (Å²) in [7, 11) is 0. The Balaban J connectivity index is 1.77. The van der Waals surface area contributed by atoms with E-state index < -0.39 is 0 Å². The highest BCUT2D eigenvalue weighted by molar-refractivity contribution is 9.09. The van der Waals surface area contributed by atoms with Crippen molar-refractivity contribution >= 4 is 21.7 Å². The van der Waals surface area contributed by atoms with E-state index in [0.29, 0.717) is 10.7 Å². The molecule has 0 spiro atoms. The van der Waals surface area contributed by atoms with Gasteiger partial charge in [0.25, 0.3) is 0 Å². The van der Waals surface area contributed by atoms with Crippen molar-refractivity contribution in [1.29, 1.82) is 0 Å². The Labute approximate surface area is 112 Å². The molecular weight excluding hydrogens is 278 g/mol. The van der Waals surface area contributed by atoms with Gasteiger partial charge in [-0.15, -0.1) is 0 Å². The summed E-state index contributed by atoms with van der Waals surface area (Å²) in [5.74, 6) is 0.905. The van der Waals surface area contributed by atoms with E-state index >= 15 is 0 Å². The summed E-state index contributed by atoms with van der Waals surface area (Å²) < 4.78 is 0. The number of halogens is 1. The van der Waals surface area contributed by atoms with Gasteiger partial charge in [0, 0.05) is 4.83 Å². The van der Waals surface area contributed by atoms with Crippen LogP contribution >= 0.6 is 15.9 Å². The first-order valence-electron chi connectivity index (χ1n) is 6.85. The van der Waals surface area contributed by atoms with E-state index in [1.54, 1.807) is 0 Å². The molecule has 1 aliphatic heterocycles. The minimum absolute atomic E-state index is 0.0903. The average molecular weight is 300 g/mol. The zero-order chi connectivity index (χ0) is 12.1. The Morgan fingerprint density at radius 2 is 1.88 bits per heavy atom. The average Bonchev–Trinajstić information content (AvgIpc) is 2.39. The second kappa shape index (κ2) is 6.69. The standard InChI is InChI=1S/C14H22BrNO/c15-12-7-4-11(5-8-12)6-9-14(17)13-3-1-2-10-16-13/h6,9,11-13,16H,1-5,7-8,10H2/b9-6+. The van der Waals surface area contributed by atoms with Gasteiger partial charge in [0.1, 0.15) is 0 Å². The zero-order valence-electron chi connectivity index (χ0n) is 10.3. The first-order chi connectivity index (χ1) is 8.25. The molecule has 1 unspecified atom stereocenters. The highest BCUT2D eigenvalue weighted by Crippen LogP contribution is 2.29. The number of hydrogen-bond acceptors (Lipinski definition) is 2. The van der Waals surface area contributed by atoms with Crippen molar-refractivity contribution < 1.29 is 4.79 Å². The van der Waals surface area contributed by atoms with E-state index in [2.05, 4.69) is 27.3 Å². The van der Waals surface area contributed by atoms with Crippen LogP contribution in [0.25, 0.3) is 0 Å². The molecule has 1 heterocycles. The molecule has 0 aromatic heterocycles. The minimum Gasteiger partial charge on any atom is -0.307 e. The molecule has 3 heteroatoms. The van der Waals surface area contributed by atoms with Gasteiger partial charge in [0.2, 0.25) is 0 Å². The quantitative estimate of drug-likeness (QED) is 0.640. The van der Waals surface area contributed by atoms with Crippen LogP contribution in [0.5, 0.6) is 0 Å². The Hall–Kier alpha value is -0.150. The van der Waals surface area contributed by atoms with E-state index in [1.807, 2.05) is 6.08 Å². The molecule has 2 aliphatic rings. The van der Waals surface area contributed by atoms with Crippen LogP contribution < -0.4 is 5.32 Å². The van der Waals surface area contributed by atoms with Crippen molar-refractivity contribution in [3.63, 3.8) is 0 Å². The maximum absolute atomic E-state index is 11.9. The van der Waals surface area contributed by atoms with Gasteiger partial charge in [-0.2, -0.15) is 0 Å². The maximum atomic E-state index is 11.9. The molecular formula is C14H22BrNO. The number of alkyl halides is 1. The van der Waals surface area contributed by atoms with Crippen LogP contribution in [0.3, 0.4) is 0 Å². The van der Waals surface area contributed by atoms with Crippen LogP contribution in [0.15, 0.2) is 12.2 Å². The molecule has 2 fully saturated rings. The van der Waals surface area contributed by atoms with Gasteiger partial charge >= 0.3 is 0 Å². The number of hydrogen-bond donors (Lipinski definition) is 1. The van der Waals surface area contributed by atoms with Gasteiger partial charge in [0.15, 0.2) is 5.78 Å². The van der Waals surface area contributed by atoms with Crippen LogP contribution in [-0.4, -0.2) is 23.2 Å². The molecule has 1 saturated heterocycles. The fraction of sp³-hybridized carbons (Fsp3) is 0.786. The lowest BCUT2D eigenvalue weighted by molar-refractivity contribution is -0.117. The molecule has 96 valence electrons. The topological polar surface area (TPSA) is 29.1 Å². The lowest BCUT2D eigenvalue weighted by atomic mass is 9.88. The van der Waals surface area contributed by atoms with Gasteiger partial charge in [-0.1, -0.05) is 28.4 Å². The molecule has 1 saturated carbocycles. The summed E-state index contributed by atoms with van der Waals surface area (Å²) >= 11 is 3.66. The molecule has 0 aromatic carbocycles. The van der Waals surface area contributed by atoms with E-state index in [4.69, 9.17) is 0 Å². The molecule has 0 radical (unpaired) electrons. The summed E-state index contributed by atoms with van der Waals surface area (Å²) in [6, 6.07) is 0.0903. The third-order valence-electron chi connectivity index (χ3n) is 3.89. The SMILES string of the molecule is O=C(/C=C/C1CCC(Br)CC1)C1CCCCN1. The summed E-state index contributed by atoms with van der Waals surface area (Å²) in [4.78, 5) is 12.6. The van der Waals surface area contributed by atoms with E-state index in [1.165, 1.54) is 38.5 Å². The summed E-state index contributed by atoms with van der Waals surface area (Å²) in [6.07, 6.45) is 12.3. The minimum atomic E-state index is 0.0903. The van der Waals surface area contributed by atoms with Crippen LogP contribution in [0.4, 0.5) is 0 Å². The summed E-state index contributed by atoms with van der Waals surface area (Å²) in [5, 5.41) is 3.31. The van der Waals surface area contributed by atoms with Crippen molar-refractivity contribution in [1.82, 2.24) is 5.32 Å². The predicted octanol–water partition coefficient (Wildman–Crippen LogP) is 3.21. The number of ketones is 1. The second-order valence-corrected chi connectivity index (χ2v) is 6.57. The normalized spacial score (nSPS) is 35.0. The highest BCUT2D eigenvalue weighted by Gasteiger charge is 2.20. The predicted molar refractivity (Wildman–Crippen MR) is 74.5 cm³/mol. The highest BCUT2D eigenvalue weighted by atomic mass is 79.9. The Morgan fingerprint density at radius 1 is 1.12 bits per heavy atom. The van der Waals surface area contributed by atoms with Crippen LogP contribution in [0, 0.1) is 5.92 Å². The first kappa shape index (κ1) is 13.3. The van der Waals surface area contributed by atoms with Crippen molar-refractivity contribution in [2.24, 2.45) is 5.92 Å². The molecule has 1 N–H and O–H groups in total. The first-order valence-corrected chi connectivity index (χ1v) is 7.77. The van der Waals surface area contributed by atoms with Crippen LogP contribution in [0.2, 0.25) is 0 Å². The third kappa shape index (κ3) is 4.22. The van der Waals surface area contributed by atoms with Gasteiger partial charge in [0.05, 0.1) is 6.04 Å². The Morgan fingerprint density at radius 3 is 2.53 bits per heavy atom. The monoisotopic (exact) mass is 299 g/mol.